The van der Waals surface area contributed by atoms with Crippen LogP contribution in [0.15, 0.2) is 12.3 Å². The molecule has 7 nitrogen and oxygen atoms in total. The molecule has 1 atom stereocenters. The molecular weight excluding hydrogens is 330 g/mol. The van der Waals surface area contributed by atoms with E-state index >= 15 is 0 Å². The van der Waals surface area contributed by atoms with Crippen LogP contribution in [0.5, 0.6) is 0 Å². The summed E-state index contributed by atoms with van der Waals surface area (Å²) >= 11 is 0. The number of ether oxygens (including phenoxy) is 1. The lowest BCUT2D eigenvalue weighted by Gasteiger charge is -2.40. The molecule has 0 spiro atoms. The number of carbonyl (C=O) groups excluding carboxylic acids is 1. The Bertz CT molecular complexity index is 585. The van der Waals surface area contributed by atoms with Crippen LogP contribution in [0, 0.1) is 0 Å². The summed E-state index contributed by atoms with van der Waals surface area (Å²) in [6.45, 7) is 7.95. The van der Waals surface area contributed by atoms with Crippen molar-refractivity contribution < 1.29 is 9.53 Å². The monoisotopic (exact) mass is 361 g/mol. The molecule has 1 aromatic heterocycles. The molecule has 3 aliphatic rings. The average molecular weight is 361 g/mol. The van der Waals surface area contributed by atoms with E-state index in [1.807, 2.05) is 15.8 Å². The highest BCUT2D eigenvalue weighted by molar-refractivity contribution is 5.76. The van der Waals surface area contributed by atoms with Crippen LogP contribution >= 0.6 is 0 Å². The van der Waals surface area contributed by atoms with Crippen LogP contribution < -0.4 is 5.32 Å². The Morgan fingerprint density at radius 1 is 1.19 bits per heavy atom. The smallest absolute Gasteiger partial charge is 0.244 e. The lowest BCUT2D eigenvalue weighted by Crippen LogP contribution is -2.50. The second-order valence-electron chi connectivity index (χ2n) is 7.74. The first-order chi connectivity index (χ1) is 12.8. The molecule has 0 aliphatic carbocycles. The lowest BCUT2D eigenvalue weighted by molar-refractivity contribution is -0.133. The van der Waals surface area contributed by atoms with Gasteiger partial charge in [-0.1, -0.05) is 0 Å². The molecule has 0 bridgehead atoms. The summed E-state index contributed by atoms with van der Waals surface area (Å²) in [5.74, 6) is 0.686. The van der Waals surface area contributed by atoms with E-state index in [4.69, 9.17) is 4.74 Å². The maximum absolute atomic E-state index is 12.7. The van der Waals surface area contributed by atoms with Gasteiger partial charge in [-0.2, -0.15) is 5.10 Å². The highest BCUT2D eigenvalue weighted by Crippen LogP contribution is 2.21. The van der Waals surface area contributed by atoms with E-state index in [-0.39, 0.29) is 5.91 Å². The number of morpholine rings is 1. The van der Waals surface area contributed by atoms with Crippen molar-refractivity contribution in [3.8, 4) is 0 Å². The summed E-state index contributed by atoms with van der Waals surface area (Å²) in [5.41, 5.74) is 1.12. The predicted molar refractivity (Wildman–Crippen MR) is 99.1 cm³/mol. The van der Waals surface area contributed by atoms with E-state index in [1.54, 1.807) is 0 Å². The Labute approximate surface area is 155 Å². The third-order valence-corrected chi connectivity index (χ3v) is 6.05. The first kappa shape index (κ1) is 17.9. The number of hydrogen-bond acceptors (Lipinski definition) is 5. The molecular formula is C19H31N5O2. The van der Waals surface area contributed by atoms with Crippen LogP contribution in [0.1, 0.15) is 37.3 Å². The number of hydrogen-bond donors (Lipinski definition) is 1. The van der Waals surface area contributed by atoms with E-state index in [2.05, 4.69) is 21.4 Å². The molecule has 144 valence electrons. The Kier molecular flexibility index (Phi) is 5.87. The molecule has 3 saturated heterocycles. The first-order valence-corrected chi connectivity index (χ1v) is 10.1. The first-order valence-electron chi connectivity index (χ1n) is 10.1. The van der Waals surface area contributed by atoms with E-state index < -0.39 is 0 Å². The van der Waals surface area contributed by atoms with Crippen LogP contribution in [0.4, 0.5) is 0 Å². The second kappa shape index (κ2) is 8.50. The fraction of sp³-hybridized carbons (Fsp3) is 0.789. The Morgan fingerprint density at radius 3 is 2.73 bits per heavy atom. The van der Waals surface area contributed by atoms with E-state index in [9.17, 15) is 4.79 Å². The van der Waals surface area contributed by atoms with Gasteiger partial charge in [0.2, 0.25) is 5.91 Å². The zero-order valence-electron chi connectivity index (χ0n) is 15.6. The predicted octanol–water partition coefficient (Wildman–Crippen LogP) is 0.673. The maximum Gasteiger partial charge on any atom is 0.244 e. The number of likely N-dealkylation sites (tertiary alicyclic amines) is 1. The van der Waals surface area contributed by atoms with Gasteiger partial charge < -0.3 is 15.0 Å². The highest BCUT2D eigenvalue weighted by atomic mass is 16.5. The Hall–Kier alpha value is -1.44. The molecule has 7 heteroatoms. The van der Waals surface area contributed by atoms with Gasteiger partial charge in [0, 0.05) is 50.9 Å². The Morgan fingerprint density at radius 2 is 2.00 bits per heavy atom. The van der Waals surface area contributed by atoms with Gasteiger partial charge in [-0.3, -0.25) is 14.4 Å². The summed E-state index contributed by atoms with van der Waals surface area (Å²) in [6.07, 6.45) is 6.50. The van der Waals surface area contributed by atoms with Gasteiger partial charge in [0.05, 0.1) is 18.9 Å². The normalized spacial score (nSPS) is 26.2. The molecule has 0 unspecified atom stereocenters. The van der Waals surface area contributed by atoms with E-state index in [0.717, 1.165) is 71.0 Å². The molecule has 0 aromatic carbocycles. The van der Waals surface area contributed by atoms with Crippen molar-refractivity contribution in [2.45, 2.75) is 44.2 Å². The molecule has 4 rings (SSSR count). The molecule has 0 radical (unpaired) electrons. The molecule has 3 fully saturated rings. The third kappa shape index (κ3) is 4.27. The molecule has 1 N–H and O–H groups in total. The minimum absolute atomic E-state index is 0.196. The van der Waals surface area contributed by atoms with Crippen molar-refractivity contribution >= 4 is 5.91 Å². The van der Waals surface area contributed by atoms with Gasteiger partial charge in [-0.15, -0.1) is 0 Å². The van der Waals surface area contributed by atoms with Crippen molar-refractivity contribution in [3.05, 3.63) is 18.0 Å². The van der Waals surface area contributed by atoms with Crippen LogP contribution in [0.2, 0.25) is 0 Å². The summed E-state index contributed by atoms with van der Waals surface area (Å²) in [4.78, 5) is 17.2. The quantitative estimate of drug-likeness (QED) is 0.854. The third-order valence-electron chi connectivity index (χ3n) is 6.05. The summed E-state index contributed by atoms with van der Waals surface area (Å²) in [6, 6.07) is 2.69. The van der Waals surface area contributed by atoms with Crippen molar-refractivity contribution in [1.29, 1.82) is 0 Å². The zero-order chi connectivity index (χ0) is 17.8. The van der Waals surface area contributed by atoms with Gasteiger partial charge >= 0.3 is 0 Å². The zero-order valence-corrected chi connectivity index (χ0v) is 15.6. The summed E-state index contributed by atoms with van der Waals surface area (Å²) in [5, 5.41) is 8.09. The van der Waals surface area contributed by atoms with Gasteiger partial charge in [0.15, 0.2) is 0 Å². The van der Waals surface area contributed by atoms with Crippen LogP contribution in [-0.4, -0.2) is 84.0 Å². The Balaban J connectivity index is 1.25. The molecule has 1 amide bonds. The van der Waals surface area contributed by atoms with E-state index in [0.29, 0.717) is 18.5 Å². The number of nitrogens with one attached hydrogen (secondary N) is 1. The summed E-state index contributed by atoms with van der Waals surface area (Å²) in [7, 11) is 0. The molecule has 3 aliphatic heterocycles. The fourth-order valence-electron chi connectivity index (χ4n) is 4.45. The van der Waals surface area contributed by atoms with Crippen molar-refractivity contribution in [2.75, 3.05) is 52.5 Å². The molecule has 4 heterocycles. The highest BCUT2D eigenvalue weighted by Gasteiger charge is 2.28. The van der Waals surface area contributed by atoms with Crippen molar-refractivity contribution in [3.63, 3.8) is 0 Å². The standard InChI is InChI=1S/C19H31N5O2/c25-19(15-24-9-5-18(21-24)16-2-1-6-20-14-16)23-7-3-17(4-8-23)22-10-12-26-13-11-22/h5,9,16-17,20H,1-4,6-8,10-15H2/t16-/m1/s1. The van der Waals surface area contributed by atoms with Crippen LogP contribution in [0.25, 0.3) is 0 Å². The number of rotatable bonds is 4. The minimum Gasteiger partial charge on any atom is -0.379 e. The van der Waals surface area contributed by atoms with Gasteiger partial charge in [-0.05, 0) is 38.3 Å². The molecule has 26 heavy (non-hydrogen) atoms. The molecule has 0 saturated carbocycles. The van der Waals surface area contributed by atoms with Crippen molar-refractivity contribution in [2.24, 2.45) is 0 Å². The average Bonchev–Trinajstić information content (AvgIpc) is 3.18. The van der Waals surface area contributed by atoms with E-state index in [1.165, 1.54) is 12.8 Å². The fourth-order valence-corrected chi connectivity index (χ4v) is 4.45. The SMILES string of the molecule is O=C(Cn1ccc([C@@H]2CCCNC2)n1)N1CCC(N2CCOCC2)CC1. The number of piperidine rings is 2. The largest absolute Gasteiger partial charge is 0.379 e. The number of amides is 1. The summed E-state index contributed by atoms with van der Waals surface area (Å²) < 4.78 is 7.26. The second-order valence-corrected chi connectivity index (χ2v) is 7.74. The van der Waals surface area contributed by atoms with Crippen molar-refractivity contribution in [1.82, 2.24) is 24.9 Å². The molecule has 1 aromatic rings. The van der Waals surface area contributed by atoms with Gasteiger partial charge in [-0.25, -0.2) is 0 Å². The minimum atomic E-state index is 0.196. The van der Waals surface area contributed by atoms with Gasteiger partial charge in [0.1, 0.15) is 6.54 Å². The van der Waals surface area contributed by atoms with Crippen LogP contribution in [-0.2, 0) is 16.1 Å². The number of aromatic nitrogens is 2. The number of carbonyl (C=O) groups is 1. The van der Waals surface area contributed by atoms with Crippen LogP contribution in [0.3, 0.4) is 0 Å². The maximum atomic E-state index is 12.7. The van der Waals surface area contributed by atoms with Gasteiger partial charge in [0.25, 0.3) is 0 Å². The number of nitrogens with zero attached hydrogens (tertiary/aromatic N) is 4. The lowest BCUT2D eigenvalue weighted by atomic mass is 9.97. The topological polar surface area (TPSA) is 62.6 Å².